The van der Waals surface area contributed by atoms with Crippen LogP contribution in [-0.2, 0) is 16.6 Å². The lowest BCUT2D eigenvalue weighted by atomic mass is 10.1. The average Bonchev–Trinajstić information content (AvgIpc) is 2.47. The number of benzene rings is 1. The molecule has 112 valence electrons. The maximum Gasteiger partial charge on any atom is 0.240 e. The second-order valence-electron chi connectivity index (χ2n) is 4.84. The van der Waals surface area contributed by atoms with Gasteiger partial charge in [-0.25, -0.2) is 13.1 Å². The molecule has 0 amide bonds. The molecule has 21 heavy (non-hydrogen) atoms. The number of sulfonamides is 1. The standard InChI is InChI=1S/C15H19N3O2S/c1-11-6-7-17-9-13(11)10-18-14-5-4-12(2)15(8-14)21(19,20)16-3/h4-9,16,18H,10H2,1-3H3. The third-order valence-electron chi connectivity index (χ3n) is 3.38. The van der Waals surface area contributed by atoms with Crippen molar-refractivity contribution in [3.8, 4) is 0 Å². The van der Waals surface area contributed by atoms with Crippen molar-refractivity contribution in [2.45, 2.75) is 25.3 Å². The summed E-state index contributed by atoms with van der Waals surface area (Å²) in [6, 6.07) is 7.26. The second-order valence-corrected chi connectivity index (χ2v) is 6.70. The van der Waals surface area contributed by atoms with Crippen LogP contribution in [0.5, 0.6) is 0 Å². The van der Waals surface area contributed by atoms with Crippen LogP contribution in [0.1, 0.15) is 16.7 Å². The van der Waals surface area contributed by atoms with Gasteiger partial charge in [0, 0.05) is 24.6 Å². The van der Waals surface area contributed by atoms with Crippen molar-refractivity contribution < 1.29 is 8.42 Å². The highest BCUT2D eigenvalue weighted by molar-refractivity contribution is 7.89. The van der Waals surface area contributed by atoms with Crippen molar-refractivity contribution in [1.82, 2.24) is 9.71 Å². The molecule has 1 heterocycles. The van der Waals surface area contributed by atoms with Crippen LogP contribution in [0, 0.1) is 13.8 Å². The van der Waals surface area contributed by atoms with Crippen LogP contribution in [-0.4, -0.2) is 20.4 Å². The summed E-state index contributed by atoms with van der Waals surface area (Å²) in [7, 11) is -2.03. The largest absolute Gasteiger partial charge is 0.381 e. The average molecular weight is 305 g/mol. The van der Waals surface area contributed by atoms with E-state index in [1.54, 1.807) is 25.3 Å². The summed E-state index contributed by atoms with van der Waals surface area (Å²) in [5.74, 6) is 0. The van der Waals surface area contributed by atoms with E-state index in [0.717, 1.165) is 16.8 Å². The Bertz CT molecular complexity index is 742. The van der Waals surface area contributed by atoms with Gasteiger partial charge >= 0.3 is 0 Å². The predicted octanol–water partition coefficient (Wildman–Crippen LogP) is 2.22. The van der Waals surface area contributed by atoms with Gasteiger partial charge in [-0.05, 0) is 55.8 Å². The monoisotopic (exact) mass is 305 g/mol. The van der Waals surface area contributed by atoms with Gasteiger partial charge in [0.15, 0.2) is 0 Å². The first-order chi connectivity index (χ1) is 9.94. The summed E-state index contributed by atoms with van der Waals surface area (Å²) >= 11 is 0. The molecule has 0 saturated heterocycles. The van der Waals surface area contributed by atoms with Gasteiger partial charge in [0.25, 0.3) is 0 Å². The third-order valence-corrected chi connectivity index (χ3v) is 4.93. The highest BCUT2D eigenvalue weighted by Crippen LogP contribution is 2.20. The third kappa shape index (κ3) is 3.59. The number of rotatable bonds is 5. The fourth-order valence-electron chi connectivity index (χ4n) is 1.99. The lowest BCUT2D eigenvalue weighted by Gasteiger charge is -2.12. The molecule has 1 aromatic heterocycles. The molecule has 0 bridgehead atoms. The zero-order valence-corrected chi connectivity index (χ0v) is 13.2. The van der Waals surface area contributed by atoms with Gasteiger partial charge in [0.2, 0.25) is 10.0 Å². The van der Waals surface area contributed by atoms with E-state index >= 15 is 0 Å². The van der Waals surface area contributed by atoms with Crippen LogP contribution in [0.3, 0.4) is 0 Å². The maximum absolute atomic E-state index is 12.0. The molecular formula is C15H19N3O2S. The molecule has 0 fully saturated rings. The Labute approximate surface area is 125 Å². The van der Waals surface area contributed by atoms with Crippen molar-refractivity contribution in [1.29, 1.82) is 0 Å². The van der Waals surface area contributed by atoms with Crippen molar-refractivity contribution in [2.75, 3.05) is 12.4 Å². The van der Waals surface area contributed by atoms with E-state index in [1.807, 2.05) is 25.3 Å². The molecule has 0 aliphatic heterocycles. The van der Waals surface area contributed by atoms with E-state index in [4.69, 9.17) is 0 Å². The molecule has 1 aromatic carbocycles. The minimum absolute atomic E-state index is 0.290. The molecule has 0 aliphatic rings. The Kier molecular flexibility index (Phi) is 4.59. The van der Waals surface area contributed by atoms with Crippen molar-refractivity contribution in [3.05, 3.63) is 53.3 Å². The quantitative estimate of drug-likeness (QED) is 0.888. The van der Waals surface area contributed by atoms with Gasteiger partial charge in [-0.1, -0.05) is 6.07 Å². The topological polar surface area (TPSA) is 71.1 Å². The van der Waals surface area contributed by atoms with Crippen LogP contribution >= 0.6 is 0 Å². The molecule has 2 N–H and O–H groups in total. The molecule has 6 heteroatoms. The normalized spacial score (nSPS) is 11.4. The van der Waals surface area contributed by atoms with Gasteiger partial charge in [-0.3, -0.25) is 4.98 Å². The first-order valence-corrected chi connectivity index (χ1v) is 8.10. The first-order valence-electron chi connectivity index (χ1n) is 6.61. The van der Waals surface area contributed by atoms with Crippen LogP contribution in [0.25, 0.3) is 0 Å². The summed E-state index contributed by atoms with van der Waals surface area (Å²) < 4.78 is 26.2. The summed E-state index contributed by atoms with van der Waals surface area (Å²) in [6.45, 7) is 4.39. The minimum atomic E-state index is -3.44. The van der Waals surface area contributed by atoms with Crippen molar-refractivity contribution in [3.63, 3.8) is 0 Å². The highest BCUT2D eigenvalue weighted by atomic mass is 32.2. The smallest absolute Gasteiger partial charge is 0.240 e. The zero-order valence-electron chi connectivity index (χ0n) is 12.3. The molecule has 0 radical (unpaired) electrons. The summed E-state index contributed by atoms with van der Waals surface area (Å²) in [5.41, 5.74) is 3.70. The highest BCUT2D eigenvalue weighted by Gasteiger charge is 2.14. The fourth-order valence-corrected chi connectivity index (χ4v) is 2.98. The van der Waals surface area contributed by atoms with Crippen LogP contribution < -0.4 is 10.0 Å². The van der Waals surface area contributed by atoms with Gasteiger partial charge in [-0.15, -0.1) is 0 Å². The number of hydrogen-bond acceptors (Lipinski definition) is 4. The number of anilines is 1. The predicted molar refractivity (Wildman–Crippen MR) is 83.7 cm³/mol. The Hall–Kier alpha value is -1.92. The zero-order chi connectivity index (χ0) is 15.5. The van der Waals surface area contributed by atoms with Crippen molar-refractivity contribution in [2.24, 2.45) is 0 Å². The molecule has 0 spiro atoms. The van der Waals surface area contributed by atoms with Gasteiger partial charge in [0.05, 0.1) is 4.90 Å². The molecule has 0 unspecified atom stereocenters. The van der Waals surface area contributed by atoms with E-state index in [2.05, 4.69) is 15.0 Å². The number of hydrogen-bond donors (Lipinski definition) is 2. The number of pyridine rings is 1. The Morgan fingerprint density at radius 1 is 1.14 bits per heavy atom. The Morgan fingerprint density at radius 3 is 2.57 bits per heavy atom. The number of aromatic nitrogens is 1. The molecule has 2 rings (SSSR count). The molecule has 0 atom stereocenters. The Morgan fingerprint density at radius 2 is 1.90 bits per heavy atom. The van der Waals surface area contributed by atoms with Gasteiger partial charge in [-0.2, -0.15) is 0 Å². The Balaban J connectivity index is 2.23. The minimum Gasteiger partial charge on any atom is -0.381 e. The number of nitrogens with zero attached hydrogens (tertiary/aromatic N) is 1. The molecular weight excluding hydrogens is 286 g/mol. The lowest BCUT2D eigenvalue weighted by Crippen LogP contribution is -2.19. The molecule has 0 aliphatic carbocycles. The van der Waals surface area contributed by atoms with Crippen molar-refractivity contribution >= 4 is 15.7 Å². The van der Waals surface area contributed by atoms with E-state index in [1.165, 1.54) is 7.05 Å². The van der Waals surface area contributed by atoms with E-state index < -0.39 is 10.0 Å². The van der Waals surface area contributed by atoms with Crippen LogP contribution in [0.4, 0.5) is 5.69 Å². The maximum atomic E-state index is 12.0. The fraction of sp³-hybridized carbons (Fsp3) is 0.267. The van der Waals surface area contributed by atoms with Gasteiger partial charge in [0.1, 0.15) is 0 Å². The van der Waals surface area contributed by atoms with E-state index in [-0.39, 0.29) is 4.90 Å². The number of nitrogens with one attached hydrogen (secondary N) is 2. The van der Waals surface area contributed by atoms with E-state index in [0.29, 0.717) is 12.1 Å². The second kappa shape index (κ2) is 6.24. The lowest BCUT2D eigenvalue weighted by molar-refractivity contribution is 0.587. The van der Waals surface area contributed by atoms with Crippen LogP contribution in [0.2, 0.25) is 0 Å². The summed E-state index contributed by atoms with van der Waals surface area (Å²) in [4.78, 5) is 4.39. The van der Waals surface area contributed by atoms with Crippen LogP contribution in [0.15, 0.2) is 41.6 Å². The molecule has 2 aromatic rings. The molecule has 0 saturated carbocycles. The molecule has 5 nitrogen and oxygen atoms in total. The SMILES string of the molecule is CNS(=O)(=O)c1cc(NCc2cnccc2C)ccc1C. The summed E-state index contributed by atoms with van der Waals surface area (Å²) in [6.07, 6.45) is 3.56. The first kappa shape index (κ1) is 15.5. The summed E-state index contributed by atoms with van der Waals surface area (Å²) in [5, 5.41) is 3.23. The van der Waals surface area contributed by atoms with Gasteiger partial charge < -0.3 is 5.32 Å². The van der Waals surface area contributed by atoms with E-state index in [9.17, 15) is 8.42 Å². The number of aryl methyl sites for hydroxylation is 2.